The molecule has 9 heteroatoms. The molecule has 0 amide bonds. The van der Waals surface area contributed by atoms with Crippen molar-refractivity contribution in [1.82, 2.24) is 0 Å². The molecule has 0 atom stereocenters. The lowest BCUT2D eigenvalue weighted by molar-refractivity contribution is -0.768. The number of methoxy groups -OCH3 is 1. The topological polar surface area (TPSA) is 114 Å². The van der Waals surface area contributed by atoms with Crippen LogP contribution in [0, 0.1) is 26.1 Å². The van der Waals surface area contributed by atoms with Gasteiger partial charge in [-0.2, -0.15) is 0 Å². The highest BCUT2D eigenvalue weighted by Gasteiger charge is 2.13. The van der Waals surface area contributed by atoms with E-state index in [0.717, 1.165) is 0 Å². The highest BCUT2D eigenvalue weighted by atomic mass is 17.0. The van der Waals surface area contributed by atoms with Crippen LogP contribution in [0.5, 0.6) is 0 Å². The van der Waals surface area contributed by atoms with Crippen LogP contribution in [-0.2, 0) is 14.4 Å². The zero-order chi connectivity index (χ0) is 11.0. The zero-order valence-electron chi connectivity index (χ0n) is 7.45. The van der Waals surface area contributed by atoms with E-state index in [1.54, 1.807) is 0 Å². The molecule has 82 valence electrons. The normalized spacial score (nSPS) is 9.86. The van der Waals surface area contributed by atoms with Gasteiger partial charge in [-0.05, 0) is 0 Å². The van der Waals surface area contributed by atoms with Crippen LogP contribution in [0.2, 0.25) is 0 Å². The van der Waals surface area contributed by atoms with Gasteiger partial charge >= 0.3 is 0 Å². The summed E-state index contributed by atoms with van der Waals surface area (Å²) >= 11 is 0. The molecule has 0 saturated heterocycles. The molecule has 0 aromatic carbocycles. The van der Waals surface area contributed by atoms with E-state index in [-0.39, 0.29) is 19.8 Å². The van der Waals surface area contributed by atoms with Gasteiger partial charge in [-0.3, -0.25) is 0 Å². The predicted octanol–water partition coefficient (Wildman–Crippen LogP) is -0.334. The van der Waals surface area contributed by atoms with E-state index in [0.29, 0.717) is 0 Å². The number of hydrogen-bond acceptors (Lipinski definition) is 7. The zero-order valence-corrected chi connectivity index (χ0v) is 7.45. The van der Waals surface area contributed by atoms with Crippen molar-refractivity contribution in [1.29, 1.82) is 0 Å². The summed E-state index contributed by atoms with van der Waals surface area (Å²) in [7, 11) is 1.37. The summed E-state index contributed by atoms with van der Waals surface area (Å²) < 4.78 is 4.66. The van der Waals surface area contributed by atoms with Crippen molar-refractivity contribution in [3.8, 4) is 0 Å². The fourth-order valence-electron chi connectivity index (χ4n) is 0.713. The highest BCUT2D eigenvalue weighted by Crippen LogP contribution is 1.99. The van der Waals surface area contributed by atoms with E-state index in [9.17, 15) is 20.2 Å². The second kappa shape index (κ2) is 6.83. The van der Waals surface area contributed by atoms with Crippen molar-refractivity contribution in [3.05, 3.63) is 20.2 Å². The third-order valence-corrected chi connectivity index (χ3v) is 1.23. The molecular weight excluding hydrogens is 200 g/mol. The summed E-state index contributed by atoms with van der Waals surface area (Å²) in [5.41, 5.74) is 0. The summed E-state index contributed by atoms with van der Waals surface area (Å²) in [5, 5.41) is 17.7. The Morgan fingerprint density at radius 1 is 1.07 bits per heavy atom. The maximum absolute atomic E-state index is 9.81. The van der Waals surface area contributed by atoms with Crippen LogP contribution in [-0.4, -0.2) is 37.1 Å². The predicted molar refractivity (Wildman–Crippen MR) is 41.3 cm³/mol. The molecule has 9 nitrogen and oxygen atoms in total. The van der Waals surface area contributed by atoms with Crippen LogP contribution in [0.15, 0.2) is 0 Å². The van der Waals surface area contributed by atoms with Crippen molar-refractivity contribution in [2.45, 2.75) is 0 Å². The number of hydrogen-bond donors (Lipinski definition) is 0. The molecule has 0 aliphatic carbocycles. The van der Waals surface area contributed by atoms with Gasteiger partial charge in [0.05, 0.1) is 6.61 Å². The third kappa shape index (κ3) is 7.03. The maximum Gasteiger partial charge on any atom is 0.294 e. The van der Waals surface area contributed by atoms with Gasteiger partial charge in [0.25, 0.3) is 10.2 Å². The SMILES string of the molecule is COCC(CO[N+](=O)[O-])CO[N+](=O)[O-]. The van der Waals surface area contributed by atoms with Crippen molar-refractivity contribution in [3.63, 3.8) is 0 Å². The van der Waals surface area contributed by atoms with Crippen LogP contribution >= 0.6 is 0 Å². The fraction of sp³-hybridized carbons (Fsp3) is 1.00. The van der Waals surface area contributed by atoms with E-state index >= 15 is 0 Å². The van der Waals surface area contributed by atoms with Crippen molar-refractivity contribution in [2.24, 2.45) is 5.92 Å². The van der Waals surface area contributed by atoms with Gasteiger partial charge in [0.2, 0.25) is 0 Å². The highest BCUT2D eigenvalue weighted by molar-refractivity contribution is 4.53. The Hall–Kier alpha value is -1.64. The van der Waals surface area contributed by atoms with Gasteiger partial charge in [0.15, 0.2) is 0 Å². The molecule has 0 fully saturated rings. The molecule has 0 aliphatic rings. The molecule has 0 rings (SSSR count). The average Bonchev–Trinajstić information content (AvgIpc) is 2.09. The van der Waals surface area contributed by atoms with E-state index in [4.69, 9.17) is 0 Å². The number of ether oxygens (including phenoxy) is 1. The Labute approximate surface area is 78.8 Å². The summed E-state index contributed by atoms with van der Waals surface area (Å²) in [6, 6.07) is 0. The molecule has 0 heterocycles. The first-order chi connectivity index (χ1) is 6.56. The summed E-state index contributed by atoms with van der Waals surface area (Å²) in [5.74, 6) is -0.546. The van der Waals surface area contributed by atoms with Gasteiger partial charge in [0, 0.05) is 13.0 Å². The van der Waals surface area contributed by atoms with E-state index in [2.05, 4.69) is 14.4 Å². The largest absolute Gasteiger partial charge is 0.384 e. The summed E-state index contributed by atoms with van der Waals surface area (Å²) in [6.45, 7) is -0.509. The van der Waals surface area contributed by atoms with Crippen LogP contribution in [0.25, 0.3) is 0 Å². The fourth-order valence-corrected chi connectivity index (χ4v) is 0.713. The lowest BCUT2D eigenvalue weighted by Gasteiger charge is -2.12. The monoisotopic (exact) mass is 210 g/mol. The van der Waals surface area contributed by atoms with Crippen molar-refractivity contribution < 1.29 is 24.6 Å². The third-order valence-electron chi connectivity index (χ3n) is 1.23. The molecule has 0 N–H and O–H groups in total. The van der Waals surface area contributed by atoms with E-state index < -0.39 is 16.1 Å². The van der Waals surface area contributed by atoms with Crippen LogP contribution < -0.4 is 0 Å². The lowest BCUT2D eigenvalue weighted by atomic mass is 10.2. The van der Waals surface area contributed by atoms with Gasteiger partial charge in [-0.1, -0.05) is 0 Å². The van der Waals surface area contributed by atoms with Gasteiger partial charge in [-0.15, -0.1) is 20.2 Å². The molecular formula is C5H10N2O7. The van der Waals surface area contributed by atoms with E-state index in [1.165, 1.54) is 7.11 Å². The van der Waals surface area contributed by atoms with Crippen molar-refractivity contribution >= 4 is 0 Å². The number of rotatable bonds is 8. The molecule has 0 aliphatic heterocycles. The first-order valence-corrected chi connectivity index (χ1v) is 3.59. The summed E-state index contributed by atoms with van der Waals surface area (Å²) in [6.07, 6.45) is 0. The van der Waals surface area contributed by atoms with Gasteiger partial charge in [0.1, 0.15) is 13.2 Å². The lowest BCUT2D eigenvalue weighted by Crippen LogP contribution is -2.24. The molecule has 0 aromatic rings. The molecule has 0 bridgehead atoms. The standard InChI is InChI=1S/C5H10N2O7/c1-12-2-5(3-13-6(8)9)4-14-7(10)11/h5H,2-4H2,1H3. The Kier molecular flexibility index (Phi) is 6.03. The molecule has 0 aromatic heterocycles. The van der Waals surface area contributed by atoms with Crippen LogP contribution in [0.3, 0.4) is 0 Å². The maximum atomic E-state index is 9.81. The van der Waals surface area contributed by atoms with Crippen molar-refractivity contribution in [2.75, 3.05) is 26.9 Å². The molecule has 0 unspecified atom stereocenters. The number of nitrogens with zero attached hydrogens (tertiary/aromatic N) is 2. The Morgan fingerprint density at radius 2 is 1.50 bits per heavy atom. The first-order valence-electron chi connectivity index (χ1n) is 3.59. The van der Waals surface area contributed by atoms with Crippen LogP contribution in [0.1, 0.15) is 0 Å². The Bertz CT molecular complexity index is 179. The quantitative estimate of drug-likeness (QED) is 0.397. The second-order valence-electron chi connectivity index (χ2n) is 2.36. The molecule has 14 heavy (non-hydrogen) atoms. The smallest absolute Gasteiger partial charge is 0.294 e. The minimum absolute atomic E-state index is 0.0850. The van der Waals surface area contributed by atoms with Gasteiger partial charge in [-0.25, -0.2) is 0 Å². The molecule has 0 radical (unpaired) electrons. The summed E-state index contributed by atoms with van der Waals surface area (Å²) in [4.78, 5) is 27.7. The minimum atomic E-state index is -0.977. The minimum Gasteiger partial charge on any atom is -0.384 e. The molecule has 0 saturated carbocycles. The Balaban J connectivity index is 3.76. The van der Waals surface area contributed by atoms with Gasteiger partial charge < -0.3 is 14.4 Å². The van der Waals surface area contributed by atoms with Crippen LogP contribution in [0.4, 0.5) is 0 Å². The Morgan fingerprint density at radius 3 is 1.79 bits per heavy atom. The van der Waals surface area contributed by atoms with E-state index in [1.807, 2.05) is 0 Å². The molecule has 0 spiro atoms. The average molecular weight is 210 g/mol. The first kappa shape index (κ1) is 12.4. The second-order valence-corrected chi connectivity index (χ2v) is 2.36.